The monoisotopic (exact) mass is 515 g/mol. The molecule has 0 unspecified atom stereocenters. The number of benzene rings is 3. The zero-order valence-corrected chi connectivity index (χ0v) is 21.2. The summed E-state index contributed by atoms with van der Waals surface area (Å²) in [5.74, 6) is 1.18. The van der Waals surface area contributed by atoms with E-state index in [1.807, 2.05) is 72.3 Å². The summed E-state index contributed by atoms with van der Waals surface area (Å²) in [6.45, 7) is 0. The van der Waals surface area contributed by atoms with Crippen molar-refractivity contribution in [3.05, 3.63) is 83.9 Å². The van der Waals surface area contributed by atoms with E-state index in [1.165, 1.54) is 11.8 Å². The standard InChI is InChI=1S/C27H22ClN5O2S/c1-33-26(20-15-22(17-8-4-3-5-9-17)29-21-11-7-6-10-19(20)21)31-32-27(33)36-16-25(34)30-23-14-18(28)12-13-24(23)35-2/h3-15H,16H2,1-2H3,(H,30,34). The number of carbonyl (C=O) groups is 1. The lowest BCUT2D eigenvalue weighted by atomic mass is 10.0. The van der Waals surface area contributed by atoms with Crippen LogP contribution in [0.25, 0.3) is 33.5 Å². The number of carbonyl (C=O) groups excluding carboxylic acids is 1. The molecule has 0 radical (unpaired) electrons. The molecule has 2 aromatic heterocycles. The molecule has 1 amide bonds. The Hall–Kier alpha value is -3.88. The van der Waals surface area contributed by atoms with Crippen molar-refractivity contribution in [1.82, 2.24) is 19.7 Å². The van der Waals surface area contributed by atoms with Gasteiger partial charge in [-0.2, -0.15) is 0 Å². The minimum Gasteiger partial charge on any atom is -0.495 e. The maximum atomic E-state index is 12.6. The maximum absolute atomic E-state index is 12.6. The Bertz CT molecular complexity index is 1560. The minimum atomic E-state index is -0.203. The Morgan fingerprint density at radius 1 is 1.03 bits per heavy atom. The summed E-state index contributed by atoms with van der Waals surface area (Å²) in [5.41, 5.74) is 4.20. The van der Waals surface area contributed by atoms with Crippen molar-refractivity contribution >= 4 is 45.9 Å². The number of methoxy groups -OCH3 is 1. The van der Waals surface area contributed by atoms with Crippen LogP contribution >= 0.6 is 23.4 Å². The molecule has 1 N–H and O–H groups in total. The van der Waals surface area contributed by atoms with E-state index in [1.54, 1.807) is 25.3 Å². The van der Waals surface area contributed by atoms with Gasteiger partial charge in [0, 0.05) is 28.6 Å². The lowest BCUT2D eigenvalue weighted by molar-refractivity contribution is -0.113. The zero-order chi connectivity index (χ0) is 25.1. The summed E-state index contributed by atoms with van der Waals surface area (Å²) in [7, 11) is 3.44. The SMILES string of the molecule is COc1ccc(Cl)cc1NC(=O)CSc1nnc(-c2cc(-c3ccccc3)nc3ccccc23)n1C. The van der Waals surface area contributed by atoms with Crippen LogP contribution in [0, 0.1) is 0 Å². The van der Waals surface area contributed by atoms with E-state index in [0.717, 1.165) is 27.7 Å². The van der Waals surface area contributed by atoms with E-state index in [-0.39, 0.29) is 11.7 Å². The lowest BCUT2D eigenvalue weighted by Crippen LogP contribution is -2.15. The molecule has 0 atom stereocenters. The molecule has 0 saturated carbocycles. The first kappa shape index (κ1) is 23.8. The number of hydrogen-bond acceptors (Lipinski definition) is 6. The van der Waals surface area contributed by atoms with Crippen LogP contribution in [0.15, 0.2) is 84.0 Å². The number of pyridine rings is 1. The number of hydrogen-bond donors (Lipinski definition) is 1. The number of fused-ring (bicyclic) bond motifs is 1. The third kappa shape index (κ3) is 4.91. The molecule has 5 aromatic rings. The van der Waals surface area contributed by atoms with Gasteiger partial charge in [-0.25, -0.2) is 4.98 Å². The highest BCUT2D eigenvalue weighted by molar-refractivity contribution is 7.99. The number of para-hydroxylation sites is 1. The molecule has 5 rings (SSSR count). The molecule has 0 bridgehead atoms. The van der Waals surface area contributed by atoms with Crippen molar-refractivity contribution in [2.45, 2.75) is 5.16 Å². The van der Waals surface area contributed by atoms with E-state index in [4.69, 9.17) is 21.3 Å². The lowest BCUT2D eigenvalue weighted by Gasteiger charge is -2.11. The zero-order valence-electron chi connectivity index (χ0n) is 19.6. The van der Waals surface area contributed by atoms with Crippen LogP contribution in [0.5, 0.6) is 5.75 Å². The predicted molar refractivity (Wildman–Crippen MR) is 145 cm³/mol. The molecule has 0 fully saturated rings. The van der Waals surface area contributed by atoms with Crippen LogP contribution in [0.2, 0.25) is 5.02 Å². The number of anilines is 1. The van der Waals surface area contributed by atoms with Gasteiger partial charge in [-0.15, -0.1) is 10.2 Å². The predicted octanol–water partition coefficient (Wildman–Crippen LogP) is 6.09. The number of thioether (sulfide) groups is 1. The number of rotatable bonds is 7. The van der Waals surface area contributed by atoms with Crippen molar-refractivity contribution in [2.75, 3.05) is 18.2 Å². The van der Waals surface area contributed by atoms with Gasteiger partial charge in [0.2, 0.25) is 5.91 Å². The Morgan fingerprint density at radius 3 is 2.61 bits per heavy atom. The number of nitrogens with one attached hydrogen (secondary N) is 1. The van der Waals surface area contributed by atoms with Gasteiger partial charge in [-0.3, -0.25) is 4.79 Å². The molecular weight excluding hydrogens is 494 g/mol. The largest absolute Gasteiger partial charge is 0.495 e. The normalized spacial score (nSPS) is 11.0. The van der Waals surface area contributed by atoms with E-state index < -0.39 is 0 Å². The van der Waals surface area contributed by atoms with Crippen molar-refractivity contribution < 1.29 is 9.53 Å². The highest BCUT2D eigenvalue weighted by Gasteiger charge is 2.17. The van der Waals surface area contributed by atoms with Gasteiger partial charge < -0.3 is 14.6 Å². The van der Waals surface area contributed by atoms with Gasteiger partial charge in [-0.05, 0) is 30.3 Å². The second-order valence-electron chi connectivity index (χ2n) is 7.98. The molecule has 3 aromatic carbocycles. The first-order valence-corrected chi connectivity index (χ1v) is 12.5. The first-order chi connectivity index (χ1) is 17.5. The average molecular weight is 516 g/mol. The summed E-state index contributed by atoms with van der Waals surface area (Å²) in [6, 6.07) is 25.1. The summed E-state index contributed by atoms with van der Waals surface area (Å²) >= 11 is 7.37. The van der Waals surface area contributed by atoms with Gasteiger partial charge in [-0.1, -0.05) is 71.9 Å². The Labute approximate surface area is 217 Å². The molecule has 9 heteroatoms. The molecule has 0 aliphatic carbocycles. The molecule has 2 heterocycles. The van der Waals surface area contributed by atoms with Gasteiger partial charge in [0.25, 0.3) is 0 Å². The first-order valence-electron chi connectivity index (χ1n) is 11.1. The molecule has 0 aliphatic heterocycles. The maximum Gasteiger partial charge on any atom is 0.234 e. The minimum absolute atomic E-state index is 0.147. The third-order valence-electron chi connectivity index (χ3n) is 5.63. The second kappa shape index (κ2) is 10.4. The molecule has 36 heavy (non-hydrogen) atoms. The van der Waals surface area contributed by atoms with Crippen molar-refractivity contribution in [3.63, 3.8) is 0 Å². The van der Waals surface area contributed by atoms with Gasteiger partial charge in [0.1, 0.15) is 5.75 Å². The third-order valence-corrected chi connectivity index (χ3v) is 6.88. The fraction of sp³-hybridized carbons (Fsp3) is 0.111. The van der Waals surface area contributed by atoms with Gasteiger partial charge in [0.15, 0.2) is 11.0 Å². The molecule has 0 spiro atoms. The van der Waals surface area contributed by atoms with Crippen molar-refractivity contribution in [3.8, 4) is 28.4 Å². The highest BCUT2D eigenvalue weighted by Crippen LogP contribution is 2.33. The summed E-state index contributed by atoms with van der Waals surface area (Å²) in [6.07, 6.45) is 0. The fourth-order valence-electron chi connectivity index (χ4n) is 3.89. The van der Waals surface area contributed by atoms with Crippen LogP contribution in [-0.4, -0.2) is 38.5 Å². The number of ether oxygens (including phenoxy) is 1. The summed E-state index contributed by atoms with van der Waals surface area (Å²) in [5, 5.41) is 13.8. The second-order valence-corrected chi connectivity index (χ2v) is 9.36. The Kier molecular flexibility index (Phi) is 6.88. The van der Waals surface area contributed by atoms with Crippen molar-refractivity contribution in [2.24, 2.45) is 7.05 Å². The topological polar surface area (TPSA) is 81.9 Å². The number of nitrogens with zero attached hydrogens (tertiary/aromatic N) is 4. The quantitative estimate of drug-likeness (QED) is 0.264. The van der Waals surface area contributed by atoms with Crippen molar-refractivity contribution in [1.29, 1.82) is 0 Å². The fourth-order valence-corrected chi connectivity index (χ4v) is 4.77. The smallest absolute Gasteiger partial charge is 0.234 e. The van der Waals surface area contributed by atoms with Crippen LogP contribution in [-0.2, 0) is 11.8 Å². The molecule has 0 saturated heterocycles. The van der Waals surface area contributed by atoms with E-state index in [9.17, 15) is 4.79 Å². The number of aromatic nitrogens is 4. The van der Waals surface area contributed by atoms with Crippen LogP contribution in [0.4, 0.5) is 5.69 Å². The van der Waals surface area contributed by atoms with Gasteiger partial charge >= 0.3 is 0 Å². The summed E-state index contributed by atoms with van der Waals surface area (Å²) < 4.78 is 7.20. The number of halogens is 1. The number of amides is 1. The Balaban J connectivity index is 1.41. The van der Waals surface area contributed by atoms with E-state index in [0.29, 0.717) is 27.4 Å². The van der Waals surface area contributed by atoms with Gasteiger partial charge in [0.05, 0.1) is 29.8 Å². The highest BCUT2D eigenvalue weighted by atomic mass is 35.5. The molecule has 180 valence electrons. The van der Waals surface area contributed by atoms with Crippen LogP contribution < -0.4 is 10.1 Å². The average Bonchev–Trinajstić information content (AvgIpc) is 3.27. The molecular formula is C27H22ClN5O2S. The molecule has 7 nitrogen and oxygen atoms in total. The van der Waals surface area contributed by atoms with E-state index >= 15 is 0 Å². The summed E-state index contributed by atoms with van der Waals surface area (Å²) in [4.78, 5) is 17.5. The molecule has 0 aliphatic rings. The van der Waals surface area contributed by atoms with Crippen LogP contribution in [0.1, 0.15) is 0 Å². The van der Waals surface area contributed by atoms with E-state index in [2.05, 4.69) is 15.5 Å². The van der Waals surface area contributed by atoms with Crippen LogP contribution in [0.3, 0.4) is 0 Å². The Morgan fingerprint density at radius 2 is 1.81 bits per heavy atom.